The van der Waals surface area contributed by atoms with Crippen LogP contribution in [0.2, 0.25) is 5.02 Å². The number of aliphatic hydroxyl groups excluding tert-OH is 1. The molecule has 2 heterocycles. The first kappa shape index (κ1) is 20.2. The number of hydrogen-bond donors (Lipinski definition) is 5. The molecular weight excluding hydrogens is 378 g/mol. The number of H-pyrrole nitrogens is 1. The number of aromatic nitrogens is 4. The molecule has 0 spiro atoms. The number of nitrogens with zero attached hydrogens (tertiary/aromatic N) is 3. The van der Waals surface area contributed by atoms with Crippen molar-refractivity contribution in [3.8, 4) is 0 Å². The molecule has 1 aromatic carbocycles. The molecule has 3 aromatic rings. The van der Waals surface area contributed by atoms with Crippen molar-refractivity contribution in [1.82, 2.24) is 15.0 Å². The zero-order valence-electron chi connectivity index (χ0n) is 16.5. The summed E-state index contributed by atoms with van der Waals surface area (Å²) in [5.41, 5.74) is 8.71. The molecule has 28 heavy (non-hydrogen) atoms. The summed E-state index contributed by atoms with van der Waals surface area (Å²) in [7, 11) is 0. The van der Waals surface area contributed by atoms with E-state index in [4.69, 9.17) is 17.3 Å². The number of benzene rings is 1. The van der Waals surface area contributed by atoms with Crippen molar-refractivity contribution in [2.24, 2.45) is 5.92 Å². The molecule has 0 saturated heterocycles. The third-order valence-electron chi connectivity index (χ3n) is 4.54. The lowest BCUT2D eigenvalue weighted by Crippen LogP contribution is -2.35. The van der Waals surface area contributed by atoms with Crippen molar-refractivity contribution in [2.75, 3.05) is 23.0 Å². The van der Waals surface area contributed by atoms with Crippen molar-refractivity contribution in [2.45, 2.75) is 39.8 Å². The lowest BCUT2D eigenvalue weighted by molar-refractivity contribution is -0.692. The van der Waals surface area contributed by atoms with Crippen LogP contribution in [0.15, 0.2) is 24.5 Å². The molecule has 0 amide bonds. The molecule has 8 nitrogen and oxygen atoms in total. The lowest BCUT2D eigenvalue weighted by Gasteiger charge is -2.19. The molecule has 9 heteroatoms. The maximum absolute atomic E-state index is 9.67. The summed E-state index contributed by atoms with van der Waals surface area (Å²) in [6.45, 7) is 8.22. The van der Waals surface area contributed by atoms with Gasteiger partial charge in [-0.3, -0.25) is 4.98 Å². The van der Waals surface area contributed by atoms with Gasteiger partial charge in [0.25, 0.3) is 0 Å². The number of anilines is 4. The fourth-order valence-corrected chi connectivity index (χ4v) is 3.17. The van der Waals surface area contributed by atoms with E-state index in [9.17, 15) is 5.11 Å². The van der Waals surface area contributed by atoms with E-state index in [0.29, 0.717) is 22.5 Å². The number of aromatic amines is 1. The standard InChI is InChI=1S/C19H26ClN7O/c1-10(2)15(8-28)24-19-25-17(23-14-6-12(20)5-13(21)7-14)16-18(26-19)27(9-22-16)11(3)4/h5-7,9-11,15,28H,8,21H2,1-4H3,(H2,23,24,25,26)/p+1/t15-/m0/s1. The maximum atomic E-state index is 9.67. The van der Waals surface area contributed by atoms with Crippen molar-refractivity contribution < 1.29 is 9.67 Å². The highest BCUT2D eigenvalue weighted by Gasteiger charge is 2.23. The molecule has 2 aromatic heterocycles. The number of halogens is 1. The Bertz CT molecular complexity index is 950. The second-order valence-corrected chi connectivity index (χ2v) is 7.88. The molecule has 0 radical (unpaired) electrons. The number of nitrogens with one attached hydrogen (secondary N) is 3. The molecule has 150 valence electrons. The molecule has 0 bridgehead atoms. The number of imidazole rings is 1. The van der Waals surface area contributed by atoms with Crippen LogP contribution in [-0.4, -0.2) is 32.7 Å². The van der Waals surface area contributed by atoms with E-state index in [1.54, 1.807) is 18.2 Å². The average molecular weight is 405 g/mol. The van der Waals surface area contributed by atoms with Gasteiger partial charge in [0.05, 0.1) is 18.7 Å². The normalized spacial score (nSPS) is 12.7. The van der Waals surface area contributed by atoms with E-state index >= 15 is 0 Å². The van der Waals surface area contributed by atoms with Gasteiger partial charge >= 0.3 is 11.6 Å². The van der Waals surface area contributed by atoms with Gasteiger partial charge in [-0.2, -0.15) is 4.98 Å². The zero-order chi connectivity index (χ0) is 20.4. The van der Waals surface area contributed by atoms with Crippen molar-refractivity contribution in [3.63, 3.8) is 0 Å². The third kappa shape index (κ3) is 4.28. The first-order valence-electron chi connectivity index (χ1n) is 9.29. The molecule has 0 aliphatic heterocycles. The van der Waals surface area contributed by atoms with E-state index < -0.39 is 0 Å². The summed E-state index contributed by atoms with van der Waals surface area (Å²) in [5.74, 6) is 1.25. The fourth-order valence-electron chi connectivity index (χ4n) is 2.92. The van der Waals surface area contributed by atoms with Crippen LogP contribution in [-0.2, 0) is 0 Å². The van der Waals surface area contributed by atoms with Crippen molar-refractivity contribution in [1.29, 1.82) is 0 Å². The summed E-state index contributed by atoms with van der Waals surface area (Å²) in [4.78, 5) is 12.5. The Morgan fingerprint density at radius 3 is 2.57 bits per heavy atom. The molecule has 6 N–H and O–H groups in total. The quantitative estimate of drug-likeness (QED) is 0.305. The van der Waals surface area contributed by atoms with Crippen LogP contribution in [0.25, 0.3) is 11.2 Å². The van der Waals surface area contributed by atoms with Gasteiger partial charge in [0.1, 0.15) is 0 Å². The van der Waals surface area contributed by atoms with E-state index in [0.717, 1.165) is 16.9 Å². The molecular formula is C19H27ClN7O+. The Morgan fingerprint density at radius 1 is 1.21 bits per heavy atom. The molecule has 0 saturated carbocycles. The summed E-state index contributed by atoms with van der Waals surface area (Å²) < 4.78 is 2.03. The van der Waals surface area contributed by atoms with Crippen LogP contribution in [0.4, 0.5) is 23.1 Å². The van der Waals surface area contributed by atoms with Gasteiger partial charge in [-0.05, 0) is 38.0 Å². The SMILES string of the molecule is CC(C)[C@H](CO)Nc1nc(Nc2cc(N)cc(Cl)c2)c2[nH]c[n+](C(C)C)c2n1. The lowest BCUT2D eigenvalue weighted by atomic mass is 10.1. The van der Waals surface area contributed by atoms with Gasteiger partial charge < -0.3 is 21.5 Å². The zero-order valence-corrected chi connectivity index (χ0v) is 17.2. The third-order valence-corrected chi connectivity index (χ3v) is 4.76. The van der Waals surface area contributed by atoms with E-state index in [1.165, 1.54) is 0 Å². The molecule has 0 aliphatic carbocycles. The highest BCUT2D eigenvalue weighted by atomic mass is 35.5. The highest BCUT2D eigenvalue weighted by molar-refractivity contribution is 6.31. The fraction of sp³-hybridized carbons (Fsp3) is 0.421. The molecule has 3 rings (SSSR count). The Labute approximate surface area is 169 Å². The number of aliphatic hydroxyl groups is 1. The van der Waals surface area contributed by atoms with Crippen LogP contribution in [0.5, 0.6) is 0 Å². The van der Waals surface area contributed by atoms with Gasteiger partial charge in [0.15, 0.2) is 12.1 Å². The van der Waals surface area contributed by atoms with Gasteiger partial charge in [-0.15, -0.1) is 0 Å². The highest BCUT2D eigenvalue weighted by Crippen LogP contribution is 2.27. The molecule has 1 atom stereocenters. The summed E-state index contributed by atoms with van der Waals surface area (Å²) in [6.07, 6.45) is 1.87. The minimum absolute atomic E-state index is 0.00995. The second kappa shape index (κ2) is 8.20. The summed E-state index contributed by atoms with van der Waals surface area (Å²) in [6, 6.07) is 5.31. The maximum Gasteiger partial charge on any atom is 0.309 e. The number of nitrogens with two attached hydrogens (primary N) is 1. The number of hydrogen-bond acceptors (Lipinski definition) is 6. The molecule has 0 fully saturated rings. The van der Waals surface area contributed by atoms with Gasteiger partial charge in [0.2, 0.25) is 5.52 Å². The molecule has 0 unspecified atom stereocenters. The first-order valence-corrected chi connectivity index (χ1v) is 9.67. The topological polar surface area (TPSA) is 116 Å². The van der Waals surface area contributed by atoms with E-state index in [1.807, 2.05) is 24.7 Å². The number of rotatable bonds is 7. The van der Waals surface area contributed by atoms with Gasteiger partial charge in [-0.25, -0.2) is 4.57 Å². The Balaban J connectivity index is 2.08. The van der Waals surface area contributed by atoms with Crippen molar-refractivity contribution >= 4 is 45.9 Å². The Hall–Kier alpha value is -2.58. The Kier molecular flexibility index (Phi) is 5.90. The average Bonchev–Trinajstić information content (AvgIpc) is 3.03. The van der Waals surface area contributed by atoms with Crippen LogP contribution in [0.3, 0.4) is 0 Å². The minimum Gasteiger partial charge on any atom is -0.399 e. The monoisotopic (exact) mass is 404 g/mol. The number of fused-ring (bicyclic) bond motifs is 1. The second-order valence-electron chi connectivity index (χ2n) is 7.44. The van der Waals surface area contributed by atoms with Crippen molar-refractivity contribution in [3.05, 3.63) is 29.5 Å². The van der Waals surface area contributed by atoms with E-state index in [2.05, 4.69) is 39.4 Å². The van der Waals surface area contributed by atoms with Gasteiger partial charge in [-0.1, -0.05) is 30.4 Å². The van der Waals surface area contributed by atoms with Crippen LogP contribution in [0, 0.1) is 5.92 Å². The first-order chi connectivity index (χ1) is 13.3. The van der Waals surface area contributed by atoms with E-state index in [-0.39, 0.29) is 24.6 Å². The Morgan fingerprint density at radius 2 is 1.96 bits per heavy atom. The predicted molar refractivity (Wildman–Crippen MR) is 113 cm³/mol. The van der Waals surface area contributed by atoms with Crippen LogP contribution < -0.4 is 20.9 Å². The largest absolute Gasteiger partial charge is 0.399 e. The van der Waals surface area contributed by atoms with Crippen LogP contribution in [0.1, 0.15) is 33.7 Å². The molecule has 0 aliphatic rings. The summed E-state index contributed by atoms with van der Waals surface area (Å²) in [5, 5.41) is 16.7. The smallest absolute Gasteiger partial charge is 0.309 e. The summed E-state index contributed by atoms with van der Waals surface area (Å²) >= 11 is 6.13. The van der Waals surface area contributed by atoms with Gasteiger partial charge in [0, 0.05) is 16.4 Å². The minimum atomic E-state index is -0.154. The number of nitrogen functional groups attached to an aromatic ring is 1. The van der Waals surface area contributed by atoms with Crippen LogP contribution >= 0.6 is 11.6 Å². The predicted octanol–water partition coefficient (Wildman–Crippen LogP) is 3.23.